The molecule has 0 aliphatic rings. The molecule has 0 unspecified atom stereocenters. The SMILES string of the molecule is Cc1ccc(-c2csc(NC(=O)CSc3nc4ccccc4c(=O)n3CCC[NH+](C)C)n2)cc1. The summed E-state index contributed by atoms with van der Waals surface area (Å²) in [5.41, 5.74) is 3.62. The van der Waals surface area contributed by atoms with Gasteiger partial charge in [0.1, 0.15) is 0 Å². The minimum absolute atomic E-state index is 0.0649. The summed E-state index contributed by atoms with van der Waals surface area (Å²) in [5, 5.41) is 6.52. The maximum Gasteiger partial charge on any atom is 0.262 e. The van der Waals surface area contributed by atoms with Crippen LogP contribution in [0.25, 0.3) is 22.2 Å². The van der Waals surface area contributed by atoms with Crippen LogP contribution in [-0.2, 0) is 11.3 Å². The highest BCUT2D eigenvalue weighted by molar-refractivity contribution is 7.99. The molecule has 1 amide bonds. The molecule has 0 atom stereocenters. The molecule has 0 saturated carbocycles. The Labute approximate surface area is 206 Å². The van der Waals surface area contributed by atoms with Gasteiger partial charge in [0.15, 0.2) is 10.3 Å². The fourth-order valence-electron chi connectivity index (χ4n) is 3.52. The number of carbonyl (C=O) groups excluding carboxylic acids is 1. The van der Waals surface area contributed by atoms with Gasteiger partial charge in [-0.2, -0.15) is 0 Å². The van der Waals surface area contributed by atoms with Gasteiger partial charge < -0.3 is 10.2 Å². The summed E-state index contributed by atoms with van der Waals surface area (Å²) in [6.07, 6.45) is 0.850. The third kappa shape index (κ3) is 5.91. The Hall–Kier alpha value is -3.01. The maximum absolute atomic E-state index is 13.1. The van der Waals surface area contributed by atoms with E-state index in [-0.39, 0.29) is 17.2 Å². The number of carbonyl (C=O) groups is 1. The first-order chi connectivity index (χ1) is 16.4. The minimum atomic E-state index is -0.179. The van der Waals surface area contributed by atoms with Crippen molar-refractivity contribution in [3.8, 4) is 11.3 Å². The zero-order valence-corrected chi connectivity index (χ0v) is 21.1. The van der Waals surface area contributed by atoms with Crippen LogP contribution in [0.5, 0.6) is 0 Å². The van der Waals surface area contributed by atoms with Crippen molar-refractivity contribution in [3.05, 3.63) is 69.8 Å². The van der Waals surface area contributed by atoms with Crippen molar-refractivity contribution < 1.29 is 9.69 Å². The van der Waals surface area contributed by atoms with E-state index in [9.17, 15) is 9.59 Å². The van der Waals surface area contributed by atoms with Gasteiger partial charge in [-0.25, -0.2) is 9.97 Å². The number of nitrogens with zero attached hydrogens (tertiary/aromatic N) is 3. The Bertz CT molecular complexity index is 1350. The summed E-state index contributed by atoms with van der Waals surface area (Å²) in [4.78, 5) is 36.3. The quantitative estimate of drug-likeness (QED) is 0.276. The van der Waals surface area contributed by atoms with Gasteiger partial charge in [0.2, 0.25) is 5.91 Å². The fourth-order valence-corrected chi connectivity index (χ4v) is 5.08. The van der Waals surface area contributed by atoms with Crippen molar-refractivity contribution in [1.29, 1.82) is 0 Å². The lowest BCUT2D eigenvalue weighted by Crippen LogP contribution is -3.05. The van der Waals surface area contributed by atoms with Gasteiger partial charge in [-0.1, -0.05) is 53.7 Å². The number of quaternary nitrogens is 1. The van der Waals surface area contributed by atoms with E-state index in [1.165, 1.54) is 33.6 Å². The lowest BCUT2D eigenvalue weighted by atomic mass is 10.1. The Morgan fingerprint density at radius 1 is 1.12 bits per heavy atom. The number of thioether (sulfide) groups is 1. The fraction of sp³-hybridized carbons (Fsp3) is 0.280. The summed E-state index contributed by atoms with van der Waals surface area (Å²) in [6, 6.07) is 15.5. The van der Waals surface area contributed by atoms with E-state index in [1.54, 1.807) is 10.6 Å². The first-order valence-electron chi connectivity index (χ1n) is 11.1. The van der Waals surface area contributed by atoms with Crippen LogP contribution in [0.3, 0.4) is 0 Å². The van der Waals surface area contributed by atoms with Crippen molar-refractivity contribution in [2.45, 2.75) is 25.0 Å². The lowest BCUT2D eigenvalue weighted by Gasteiger charge is -2.13. The van der Waals surface area contributed by atoms with Crippen molar-refractivity contribution in [1.82, 2.24) is 14.5 Å². The summed E-state index contributed by atoms with van der Waals surface area (Å²) < 4.78 is 1.70. The first-order valence-corrected chi connectivity index (χ1v) is 13.0. The number of thiazole rings is 1. The predicted molar refractivity (Wildman–Crippen MR) is 140 cm³/mol. The van der Waals surface area contributed by atoms with Crippen molar-refractivity contribution in [2.75, 3.05) is 31.7 Å². The van der Waals surface area contributed by atoms with Gasteiger partial charge in [-0.15, -0.1) is 11.3 Å². The summed E-state index contributed by atoms with van der Waals surface area (Å²) in [6.45, 7) is 3.55. The molecule has 7 nitrogen and oxygen atoms in total. The van der Waals surface area contributed by atoms with Crippen molar-refractivity contribution in [2.24, 2.45) is 0 Å². The molecule has 176 valence electrons. The second-order valence-corrected chi connectivity index (χ2v) is 10.2. The Balaban J connectivity index is 1.46. The summed E-state index contributed by atoms with van der Waals surface area (Å²) in [7, 11) is 4.18. The van der Waals surface area contributed by atoms with Crippen LogP contribution in [0, 0.1) is 6.92 Å². The van der Waals surface area contributed by atoms with E-state index in [0.717, 1.165) is 24.2 Å². The zero-order chi connectivity index (χ0) is 24.1. The number of amides is 1. The van der Waals surface area contributed by atoms with Crippen LogP contribution in [0.2, 0.25) is 0 Å². The third-order valence-electron chi connectivity index (χ3n) is 5.32. The highest BCUT2D eigenvalue weighted by Crippen LogP contribution is 2.25. The number of rotatable bonds is 9. The highest BCUT2D eigenvalue weighted by atomic mass is 32.2. The molecule has 0 spiro atoms. The Morgan fingerprint density at radius 3 is 2.65 bits per heavy atom. The second kappa shape index (κ2) is 10.9. The normalized spacial score (nSPS) is 11.3. The number of anilines is 1. The molecule has 2 heterocycles. The van der Waals surface area contributed by atoms with Gasteiger partial charge in [0.25, 0.3) is 5.56 Å². The molecule has 0 aliphatic heterocycles. The smallest absolute Gasteiger partial charge is 0.262 e. The number of hydrogen-bond donors (Lipinski definition) is 2. The summed E-state index contributed by atoms with van der Waals surface area (Å²) in [5.74, 6) is -0.0371. The first kappa shape index (κ1) is 24.1. The molecule has 2 aromatic heterocycles. The minimum Gasteiger partial charge on any atom is -0.340 e. The van der Waals surface area contributed by atoms with Crippen LogP contribution in [0.1, 0.15) is 12.0 Å². The molecule has 0 bridgehead atoms. The van der Waals surface area contributed by atoms with Crippen molar-refractivity contribution >= 4 is 45.0 Å². The predicted octanol–water partition coefficient (Wildman–Crippen LogP) is 3.09. The van der Waals surface area contributed by atoms with Gasteiger partial charge in [0, 0.05) is 23.9 Å². The molecule has 34 heavy (non-hydrogen) atoms. The third-order valence-corrected chi connectivity index (χ3v) is 7.05. The number of para-hydroxylation sites is 1. The maximum atomic E-state index is 13.1. The number of hydrogen-bond acceptors (Lipinski definition) is 6. The zero-order valence-electron chi connectivity index (χ0n) is 19.5. The Kier molecular flexibility index (Phi) is 7.77. The largest absolute Gasteiger partial charge is 0.340 e. The average Bonchev–Trinajstić information content (AvgIpc) is 3.28. The van der Waals surface area contributed by atoms with E-state index in [2.05, 4.69) is 29.4 Å². The van der Waals surface area contributed by atoms with Gasteiger partial charge in [-0.3, -0.25) is 14.2 Å². The molecule has 2 N–H and O–H groups in total. The molecule has 4 aromatic rings. The van der Waals surface area contributed by atoms with Crippen LogP contribution >= 0.6 is 23.1 Å². The molecule has 9 heteroatoms. The van der Waals surface area contributed by atoms with E-state index in [0.29, 0.717) is 27.7 Å². The monoisotopic (exact) mass is 494 g/mol. The van der Waals surface area contributed by atoms with E-state index in [1.807, 2.05) is 54.8 Å². The van der Waals surface area contributed by atoms with Gasteiger partial charge in [0.05, 0.1) is 43.0 Å². The topological polar surface area (TPSA) is 81.3 Å². The molecule has 0 radical (unpaired) electrons. The molecular weight excluding hydrogens is 466 g/mol. The summed E-state index contributed by atoms with van der Waals surface area (Å²) >= 11 is 2.67. The van der Waals surface area contributed by atoms with Crippen LogP contribution < -0.4 is 15.8 Å². The van der Waals surface area contributed by atoms with Gasteiger partial charge in [-0.05, 0) is 19.1 Å². The molecule has 0 aliphatic carbocycles. The average molecular weight is 495 g/mol. The number of benzene rings is 2. The van der Waals surface area contributed by atoms with E-state index < -0.39 is 0 Å². The highest BCUT2D eigenvalue weighted by Gasteiger charge is 2.15. The molecule has 2 aromatic carbocycles. The van der Waals surface area contributed by atoms with Crippen LogP contribution in [0.4, 0.5) is 5.13 Å². The molecule has 0 saturated heterocycles. The standard InChI is InChI=1S/C25H27N5O2S2/c1-17-9-11-18(12-10-17)21-15-33-24(26-21)28-22(31)16-34-25-27-20-8-5-4-7-19(20)23(32)30(25)14-6-13-29(2)3/h4-5,7-12,15H,6,13-14,16H2,1-3H3,(H,26,28,31)/p+1. The van der Waals surface area contributed by atoms with Gasteiger partial charge >= 0.3 is 0 Å². The van der Waals surface area contributed by atoms with Crippen LogP contribution in [0.15, 0.2) is 63.9 Å². The van der Waals surface area contributed by atoms with Crippen LogP contribution in [-0.4, -0.2) is 46.8 Å². The van der Waals surface area contributed by atoms with Crippen molar-refractivity contribution in [3.63, 3.8) is 0 Å². The molecule has 0 fully saturated rings. The lowest BCUT2D eigenvalue weighted by molar-refractivity contribution is -0.858. The Morgan fingerprint density at radius 2 is 1.88 bits per heavy atom. The van der Waals surface area contributed by atoms with E-state index >= 15 is 0 Å². The number of aromatic nitrogens is 3. The number of aryl methyl sites for hydroxylation is 1. The molecule has 4 rings (SSSR count). The van der Waals surface area contributed by atoms with E-state index in [4.69, 9.17) is 0 Å². The second-order valence-electron chi connectivity index (χ2n) is 8.42. The number of fused-ring (bicyclic) bond motifs is 1. The molecular formula is C25H28N5O2S2+. The number of nitrogens with one attached hydrogen (secondary N) is 2.